The maximum absolute atomic E-state index is 14.0. The number of aliphatic imine (C=N–C) groups is 1. The van der Waals surface area contributed by atoms with Crippen LogP contribution in [0.2, 0.25) is 0 Å². The number of pyridine rings is 1. The topological polar surface area (TPSA) is 52.6 Å². The molecule has 1 atom stereocenters. The number of nitrogens with one attached hydrogen (secondary N) is 2. The molecule has 0 aliphatic carbocycles. The lowest BCUT2D eigenvalue weighted by Gasteiger charge is -2.34. The normalized spacial score (nSPS) is 16.0. The van der Waals surface area contributed by atoms with Crippen LogP contribution in [-0.4, -0.2) is 43.7 Å². The van der Waals surface area contributed by atoms with Gasteiger partial charge in [0, 0.05) is 50.9 Å². The average molecular weight is 529 g/mol. The van der Waals surface area contributed by atoms with Crippen molar-refractivity contribution in [3.05, 3.63) is 59.3 Å². The number of piperidine rings is 1. The van der Waals surface area contributed by atoms with Crippen molar-refractivity contribution in [3.63, 3.8) is 0 Å². The van der Waals surface area contributed by atoms with E-state index in [2.05, 4.69) is 37.6 Å². The zero-order valence-electron chi connectivity index (χ0n) is 17.7. The van der Waals surface area contributed by atoms with Crippen LogP contribution in [0.4, 0.5) is 14.6 Å². The SMILES string of the molecule is CN=C(NCC(C)c1ccc(F)cc1F)NC1CCN(c2ccc(C)cn2)CC1.I. The Kier molecular flexibility index (Phi) is 9.26. The van der Waals surface area contributed by atoms with Crippen LogP contribution >= 0.6 is 24.0 Å². The van der Waals surface area contributed by atoms with Crippen molar-refractivity contribution < 1.29 is 8.78 Å². The molecule has 5 nitrogen and oxygen atoms in total. The van der Waals surface area contributed by atoms with Crippen LogP contribution in [0.3, 0.4) is 0 Å². The van der Waals surface area contributed by atoms with Crippen LogP contribution in [0, 0.1) is 18.6 Å². The second-order valence-corrected chi connectivity index (χ2v) is 7.62. The molecule has 0 bridgehead atoms. The van der Waals surface area contributed by atoms with E-state index in [0.29, 0.717) is 24.1 Å². The van der Waals surface area contributed by atoms with Crippen molar-refractivity contribution >= 4 is 35.8 Å². The molecule has 30 heavy (non-hydrogen) atoms. The molecule has 0 saturated carbocycles. The van der Waals surface area contributed by atoms with Crippen molar-refractivity contribution in [2.24, 2.45) is 4.99 Å². The Morgan fingerprint density at radius 1 is 1.23 bits per heavy atom. The minimum atomic E-state index is -0.559. The van der Waals surface area contributed by atoms with Crippen LogP contribution < -0.4 is 15.5 Å². The van der Waals surface area contributed by atoms with Crippen molar-refractivity contribution in [2.75, 3.05) is 31.6 Å². The van der Waals surface area contributed by atoms with Crippen LogP contribution in [0.25, 0.3) is 0 Å². The van der Waals surface area contributed by atoms with Crippen LogP contribution in [0.15, 0.2) is 41.5 Å². The minimum Gasteiger partial charge on any atom is -0.356 e. The van der Waals surface area contributed by atoms with E-state index >= 15 is 0 Å². The lowest BCUT2D eigenvalue weighted by Crippen LogP contribution is -2.49. The number of hydrogen-bond donors (Lipinski definition) is 2. The molecule has 1 aliphatic rings. The molecular formula is C22H30F2IN5. The standard InChI is InChI=1S/C22H29F2N5.HI/c1-15-4-7-21(26-13-15)29-10-8-18(9-11-29)28-22(25-3)27-14-16(2)19-6-5-17(23)12-20(19)24;/h4-7,12-13,16,18H,8-11,14H2,1-3H3,(H2,25,27,28);1H. The Morgan fingerprint density at radius 2 is 1.97 bits per heavy atom. The molecule has 0 radical (unpaired) electrons. The molecule has 2 aromatic rings. The summed E-state index contributed by atoms with van der Waals surface area (Å²) in [6.45, 7) is 6.32. The summed E-state index contributed by atoms with van der Waals surface area (Å²) in [5.41, 5.74) is 1.66. The molecule has 2 N–H and O–H groups in total. The third-order valence-electron chi connectivity index (χ3n) is 5.35. The van der Waals surface area contributed by atoms with E-state index in [1.54, 1.807) is 7.05 Å². The third-order valence-corrected chi connectivity index (χ3v) is 5.35. The van der Waals surface area contributed by atoms with Gasteiger partial charge in [-0.25, -0.2) is 13.8 Å². The van der Waals surface area contributed by atoms with Crippen molar-refractivity contribution in [1.29, 1.82) is 0 Å². The fraction of sp³-hybridized carbons (Fsp3) is 0.455. The van der Waals surface area contributed by atoms with Crippen LogP contribution in [0.5, 0.6) is 0 Å². The number of benzene rings is 1. The fourth-order valence-corrected chi connectivity index (χ4v) is 3.55. The van der Waals surface area contributed by atoms with Gasteiger partial charge in [-0.1, -0.05) is 19.1 Å². The second kappa shape index (κ2) is 11.4. The quantitative estimate of drug-likeness (QED) is 0.346. The Balaban J connectivity index is 0.00000320. The molecule has 0 spiro atoms. The number of aryl methyl sites for hydroxylation is 1. The number of hydrogen-bond acceptors (Lipinski definition) is 3. The molecule has 1 saturated heterocycles. The highest BCUT2D eigenvalue weighted by molar-refractivity contribution is 14.0. The highest BCUT2D eigenvalue weighted by Crippen LogP contribution is 2.20. The van der Waals surface area contributed by atoms with Gasteiger partial charge in [0.2, 0.25) is 0 Å². The minimum absolute atomic E-state index is 0. The number of halogens is 3. The van der Waals surface area contributed by atoms with Gasteiger partial charge in [-0.05, 0) is 43.0 Å². The van der Waals surface area contributed by atoms with E-state index < -0.39 is 11.6 Å². The third kappa shape index (κ3) is 6.52. The number of anilines is 1. The summed E-state index contributed by atoms with van der Waals surface area (Å²) in [6, 6.07) is 8.19. The molecule has 1 fully saturated rings. The van der Waals surface area contributed by atoms with Crippen LogP contribution in [-0.2, 0) is 0 Å². The highest BCUT2D eigenvalue weighted by Gasteiger charge is 2.21. The molecule has 3 rings (SSSR count). The Labute approximate surface area is 194 Å². The summed E-state index contributed by atoms with van der Waals surface area (Å²) in [4.78, 5) is 11.1. The van der Waals surface area contributed by atoms with Crippen molar-refractivity contribution in [1.82, 2.24) is 15.6 Å². The first-order valence-electron chi connectivity index (χ1n) is 10.1. The largest absolute Gasteiger partial charge is 0.356 e. The number of guanidine groups is 1. The number of nitrogens with zero attached hydrogens (tertiary/aromatic N) is 3. The predicted octanol–water partition coefficient (Wildman–Crippen LogP) is 4.22. The molecule has 164 valence electrons. The van der Waals surface area contributed by atoms with E-state index in [9.17, 15) is 8.78 Å². The lowest BCUT2D eigenvalue weighted by atomic mass is 10.0. The monoisotopic (exact) mass is 529 g/mol. The van der Waals surface area contributed by atoms with Crippen molar-refractivity contribution in [3.8, 4) is 0 Å². The van der Waals surface area contributed by atoms with E-state index in [4.69, 9.17) is 0 Å². The summed E-state index contributed by atoms with van der Waals surface area (Å²) in [7, 11) is 1.73. The summed E-state index contributed by atoms with van der Waals surface area (Å²) in [5, 5.41) is 6.71. The maximum atomic E-state index is 14.0. The molecule has 8 heteroatoms. The molecule has 1 aromatic carbocycles. The molecule has 2 heterocycles. The number of aromatic nitrogens is 1. The first-order valence-corrected chi connectivity index (χ1v) is 10.1. The smallest absolute Gasteiger partial charge is 0.191 e. The van der Waals surface area contributed by atoms with Gasteiger partial charge in [-0.2, -0.15) is 0 Å². The molecule has 0 amide bonds. The lowest BCUT2D eigenvalue weighted by molar-refractivity contribution is 0.458. The van der Waals surface area contributed by atoms with Gasteiger partial charge in [0.25, 0.3) is 0 Å². The van der Waals surface area contributed by atoms with E-state index in [1.807, 2.05) is 20.0 Å². The molecule has 1 aromatic heterocycles. The van der Waals surface area contributed by atoms with E-state index in [-0.39, 0.29) is 29.9 Å². The van der Waals surface area contributed by atoms with Crippen molar-refractivity contribution in [2.45, 2.75) is 38.6 Å². The Morgan fingerprint density at radius 3 is 2.57 bits per heavy atom. The van der Waals surface area contributed by atoms with Gasteiger partial charge in [0.1, 0.15) is 17.5 Å². The summed E-state index contributed by atoms with van der Waals surface area (Å²) >= 11 is 0. The fourth-order valence-electron chi connectivity index (χ4n) is 3.55. The zero-order valence-corrected chi connectivity index (χ0v) is 20.0. The van der Waals surface area contributed by atoms with E-state index in [1.165, 1.54) is 12.1 Å². The second-order valence-electron chi connectivity index (χ2n) is 7.62. The van der Waals surface area contributed by atoms with Gasteiger partial charge in [0.15, 0.2) is 5.96 Å². The molecule has 1 aliphatic heterocycles. The van der Waals surface area contributed by atoms with Gasteiger partial charge in [-0.15, -0.1) is 24.0 Å². The van der Waals surface area contributed by atoms with E-state index in [0.717, 1.165) is 43.4 Å². The summed E-state index contributed by atoms with van der Waals surface area (Å²) in [6.07, 6.45) is 3.87. The van der Waals surface area contributed by atoms with Gasteiger partial charge in [0.05, 0.1) is 0 Å². The number of rotatable bonds is 5. The summed E-state index contributed by atoms with van der Waals surface area (Å²) < 4.78 is 27.1. The highest BCUT2D eigenvalue weighted by atomic mass is 127. The summed E-state index contributed by atoms with van der Waals surface area (Å²) in [5.74, 6) is 0.539. The Hall–Kier alpha value is -1.97. The first kappa shape index (κ1) is 24.3. The van der Waals surface area contributed by atoms with Crippen LogP contribution in [0.1, 0.15) is 36.8 Å². The molecular weight excluding hydrogens is 499 g/mol. The maximum Gasteiger partial charge on any atom is 0.191 e. The zero-order chi connectivity index (χ0) is 20.8. The average Bonchev–Trinajstić information content (AvgIpc) is 2.72. The first-order chi connectivity index (χ1) is 14.0. The Bertz CT molecular complexity index is 836. The van der Waals surface area contributed by atoms with Gasteiger partial charge in [-0.3, -0.25) is 4.99 Å². The molecule has 1 unspecified atom stereocenters. The van der Waals surface area contributed by atoms with Gasteiger partial charge < -0.3 is 15.5 Å². The predicted molar refractivity (Wildman–Crippen MR) is 129 cm³/mol. The van der Waals surface area contributed by atoms with Gasteiger partial charge >= 0.3 is 0 Å².